The van der Waals surface area contributed by atoms with Crippen molar-refractivity contribution in [3.8, 4) is 0 Å². The zero-order valence-electron chi connectivity index (χ0n) is 6.58. The molecule has 2 nitrogen and oxygen atoms in total. The second kappa shape index (κ2) is 4.26. The van der Waals surface area contributed by atoms with Crippen LogP contribution in [0.25, 0.3) is 0 Å². The Hall–Kier alpha value is -0.830. The number of carbonyl (C=O) groups excluding carboxylic acids is 1. The van der Waals surface area contributed by atoms with Gasteiger partial charge in [0.05, 0.1) is 5.56 Å². The van der Waals surface area contributed by atoms with Crippen molar-refractivity contribution in [3.05, 3.63) is 40.9 Å². The molecule has 0 fully saturated rings. The summed E-state index contributed by atoms with van der Waals surface area (Å²) in [6.07, 6.45) is 0. The van der Waals surface area contributed by atoms with E-state index in [2.05, 4.69) is 20.7 Å². The number of benzene rings is 1. The number of esters is 1. The molecule has 1 aromatic carbocycles. The normalized spacial score (nSPS) is 9.50. The number of carbonyl (C=O) groups is 1. The molecule has 0 aromatic heterocycles. The minimum absolute atomic E-state index is 0.329. The predicted molar refractivity (Wildman–Crippen MR) is 49.5 cm³/mol. The van der Waals surface area contributed by atoms with Gasteiger partial charge in [0.25, 0.3) is 0 Å². The molecular formula is C9H8BrO2. The molecule has 0 saturated heterocycles. The maximum Gasteiger partial charge on any atom is 0.338 e. The third-order valence-corrected chi connectivity index (χ3v) is 1.83. The fourth-order valence-corrected chi connectivity index (χ4v) is 1.03. The molecule has 1 rings (SSSR count). The van der Waals surface area contributed by atoms with E-state index in [9.17, 15) is 4.79 Å². The van der Waals surface area contributed by atoms with E-state index in [0.717, 1.165) is 4.47 Å². The number of halogens is 1. The van der Waals surface area contributed by atoms with E-state index in [1.807, 2.05) is 0 Å². The SMILES string of the molecule is C[CH]OC(=O)c1ccc(Br)cc1. The van der Waals surface area contributed by atoms with Crippen molar-refractivity contribution in [3.63, 3.8) is 0 Å². The van der Waals surface area contributed by atoms with Crippen LogP contribution in [-0.2, 0) is 4.74 Å². The van der Waals surface area contributed by atoms with E-state index in [0.29, 0.717) is 5.56 Å². The lowest BCUT2D eigenvalue weighted by Crippen LogP contribution is -2.01. The van der Waals surface area contributed by atoms with Crippen LogP contribution in [0.5, 0.6) is 0 Å². The molecule has 1 radical (unpaired) electrons. The smallest absolute Gasteiger partial charge is 0.338 e. The van der Waals surface area contributed by atoms with Crippen molar-refractivity contribution in [2.45, 2.75) is 6.92 Å². The van der Waals surface area contributed by atoms with Crippen molar-refractivity contribution >= 4 is 21.9 Å². The summed E-state index contributed by atoms with van der Waals surface area (Å²) < 4.78 is 5.63. The van der Waals surface area contributed by atoms with Crippen molar-refractivity contribution in [1.82, 2.24) is 0 Å². The predicted octanol–water partition coefficient (Wildman–Crippen LogP) is 2.79. The molecule has 0 spiro atoms. The van der Waals surface area contributed by atoms with Gasteiger partial charge >= 0.3 is 5.97 Å². The topological polar surface area (TPSA) is 26.3 Å². The molecule has 0 bridgehead atoms. The molecule has 0 saturated carbocycles. The Kier molecular flexibility index (Phi) is 3.29. The molecule has 0 atom stereocenters. The number of hydrogen-bond acceptors (Lipinski definition) is 2. The fraction of sp³-hybridized carbons (Fsp3) is 0.111. The standard InChI is InChI=1S/C9H8BrO2/c1-2-12-9(11)7-3-5-8(10)6-4-7/h2-6H,1H3. The second-order valence-electron chi connectivity index (χ2n) is 2.15. The summed E-state index contributed by atoms with van der Waals surface area (Å²) in [6.45, 7) is 3.03. The van der Waals surface area contributed by atoms with Gasteiger partial charge in [-0.3, -0.25) is 0 Å². The molecule has 0 heterocycles. The van der Waals surface area contributed by atoms with Gasteiger partial charge in [-0.2, -0.15) is 0 Å². The van der Waals surface area contributed by atoms with Gasteiger partial charge < -0.3 is 4.74 Å². The van der Waals surface area contributed by atoms with Crippen LogP contribution in [0, 0.1) is 6.61 Å². The Labute approximate surface area is 79.7 Å². The molecular weight excluding hydrogens is 220 g/mol. The molecule has 3 heteroatoms. The summed E-state index contributed by atoms with van der Waals surface area (Å²) in [4.78, 5) is 11.1. The highest BCUT2D eigenvalue weighted by Crippen LogP contribution is 2.11. The van der Waals surface area contributed by atoms with Crippen LogP contribution >= 0.6 is 15.9 Å². The Morgan fingerprint density at radius 2 is 2.00 bits per heavy atom. The highest BCUT2D eigenvalue weighted by atomic mass is 79.9. The maximum absolute atomic E-state index is 11.1. The molecule has 0 unspecified atom stereocenters. The zero-order valence-corrected chi connectivity index (χ0v) is 8.17. The summed E-state index contributed by atoms with van der Waals surface area (Å²) >= 11 is 3.27. The molecule has 1 aromatic rings. The fourth-order valence-electron chi connectivity index (χ4n) is 0.761. The van der Waals surface area contributed by atoms with Crippen LogP contribution < -0.4 is 0 Å². The van der Waals surface area contributed by atoms with E-state index < -0.39 is 0 Å². The number of ether oxygens (including phenoxy) is 1. The molecule has 0 amide bonds. The Morgan fingerprint density at radius 3 is 2.50 bits per heavy atom. The van der Waals surface area contributed by atoms with Crippen molar-refractivity contribution < 1.29 is 9.53 Å². The van der Waals surface area contributed by atoms with Gasteiger partial charge in [0.2, 0.25) is 0 Å². The van der Waals surface area contributed by atoms with Crippen LogP contribution in [0.15, 0.2) is 28.7 Å². The van der Waals surface area contributed by atoms with Crippen molar-refractivity contribution in [2.75, 3.05) is 0 Å². The van der Waals surface area contributed by atoms with Crippen LogP contribution in [0.2, 0.25) is 0 Å². The monoisotopic (exact) mass is 227 g/mol. The van der Waals surface area contributed by atoms with E-state index in [-0.39, 0.29) is 5.97 Å². The molecule has 12 heavy (non-hydrogen) atoms. The molecule has 0 aliphatic heterocycles. The average Bonchev–Trinajstić information content (AvgIpc) is 2.06. The lowest BCUT2D eigenvalue weighted by atomic mass is 10.2. The summed E-state index contributed by atoms with van der Waals surface area (Å²) in [7, 11) is 0. The second-order valence-corrected chi connectivity index (χ2v) is 3.06. The first kappa shape index (κ1) is 9.26. The Bertz CT molecular complexity index is 266. The summed E-state index contributed by atoms with van der Waals surface area (Å²) in [5.74, 6) is -0.329. The quantitative estimate of drug-likeness (QED) is 0.727. The first-order chi connectivity index (χ1) is 5.74. The number of rotatable bonds is 2. The summed E-state index contributed by atoms with van der Waals surface area (Å²) in [6, 6.07) is 7.00. The molecule has 0 N–H and O–H groups in total. The lowest BCUT2D eigenvalue weighted by molar-refractivity contribution is 0.0612. The minimum Gasteiger partial charge on any atom is -0.455 e. The maximum atomic E-state index is 11.1. The van der Waals surface area contributed by atoms with Gasteiger partial charge in [0.15, 0.2) is 0 Å². The zero-order chi connectivity index (χ0) is 8.97. The van der Waals surface area contributed by atoms with Crippen LogP contribution in [0.3, 0.4) is 0 Å². The first-order valence-electron chi connectivity index (χ1n) is 3.48. The highest BCUT2D eigenvalue weighted by Gasteiger charge is 2.04. The minimum atomic E-state index is -0.329. The average molecular weight is 228 g/mol. The van der Waals surface area contributed by atoms with E-state index in [4.69, 9.17) is 0 Å². The highest BCUT2D eigenvalue weighted by molar-refractivity contribution is 9.10. The molecule has 63 valence electrons. The van der Waals surface area contributed by atoms with Crippen LogP contribution in [0.4, 0.5) is 0 Å². The third kappa shape index (κ3) is 2.34. The lowest BCUT2D eigenvalue weighted by Gasteiger charge is -1.99. The first-order valence-corrected chi connectivity index (χ1v) is 4.27. The molecule has 0 aliphatic rings. The van der Waals surface area contributed by atoms with Gasteiger partial charge in [-0.1, -0.05) is 15.9 Å². The summed E-state index contributed by atoms with van der Waals surface area (Å²) in [5, 5.41) is 0. The Morgan fingerprint density at radius 1 is 1.42 bits per heavy atom. The van der Waals surface area contributed by atoms with Crippen molar-refractivity contribution in [1.29, 1.82) is 0 Å². The van der Waals surface area contributed by atoms with Gasteiger partial charge in [-0.25, -0.2) is 4.79 Å². The van der Waals surface area contributed by atoms with Gasteiger partial charge in [0, 0.05) is 4.47 Å². The van der Waals surface area contributed by atoms with Gasteiger partial charge in [-0.05, 0) is 31.2 Å². The van der Waals surface area contributed by atoms with Crippen molar-refractivity contribution in [2.24, 2.45) is 0 Å². The van der Waals surface area contributed by atoms with Gasteiger partial charge in [-0.15, -0.1) is 0 Å². The van der Waals surface area contributed by atoms with E-state index >= 15 is 0 Å². The van der Waals surface area contributed by atoms with E-state index in [1.54, 1.807) is 31.2 Å². The molecule has 0 aliphatic carbocycles. The number of hydrogen-bond donors (Lipinski definition) is 0. The van der Waals surface area contributed by atoms with Crippen LogP contribution in [-0.4, -0.2) is 5.97 Å². The summed E-state index contributed by atoms with van der Waals surface area (Å²) in [5.41, 5.74) is 0.552. The Balaban J connectivity index is 2.75. The third-order valence-electron chi connectivity index (χ3n) is 1.30. The largest absolute Gasteiger partial charge is 0.455 e. The van der Waals surface area contributed by atoms with Gasteiger partial charge in [0.1, 0.15) is 6.61 Å². The van der Waals surface area contributed by atoms with Crippen LogP contribution in [0.1, 0.15) is 17.3 Å². The van der Waals surface area contributed by atoms with E-state index in [1.165, 1.54) is 6.61 Å².